The summed E-state index contributed by atoms with van der Waals surface area (Å²) in [6.45, 7) is 1.95. The second-order valence-corrected chi connectivity index (χ2v) is 10.6. The molecule has 0 spiro atoms. The molecule has 0 fully saturated rings. The number of aryl methyl sites for hydroxylation is 2. The van der Waals surface area contributed by atoms with Crippen molar-refractivity contribution in [1.29, 1.82) is 0 Å². The Morgan fingerprint density at radius 3 is 2.30 bits per heavy atom. The molecule has 0 aliphatic heterocycles. The minimum Gasteiger partial charge on any atom is -0.495 e. The third kappa shape index (κ3) is 7.08. The van der Waals surface area contributed by atoms with Crippen LogP contribution < -0.4 is 23.8 Å². The van der Waals surface area contributed by atoms with Crippen LogP contribution in [0.5, 0.6) is 17.2 Å². The van der Waals surface area contributed by atoms with Gasteiger partial charge in [0.2, 0.25) is 5.91 Å². The van der Waals surface area contributed by atoms with Crippen LogP contribution in [0.2, 0.25) is 5.02 Å². The summed E-state index contributed by atoms with van der Waals surface area (Å²) in [5, 5.41) is 3.11. The maximum Gasteiger partial charge on any atom is 0.265 e. The van der Waals surface area contributed by atoms with Crippen LogP contribution in [0.3, 0.4) is 0 Å². The van der Waals surface area contributed by atoms with Crippen LogP contribution >= 0.6 is 11.6 Å². The summed E-state index contributed by atoms with van der Waals surface area (Å²) in [5.41, 5.74) is 2.49. The predicted octanol–water partition coefficient (Wildman–Crippen LogP) is 4.62. The normalized spacial score (nSPS) is 11.1. The summed E-state index contributed by atoms with van der Waals surface area (Å²) >= 11 is 6.20. The average Bonchev–Trinajstić information content (AvgIpc) is 2.89. The van der Waals surface area contributed by atoms with Crippen molar-refractivity contribution in [2.75, 3.05) is 38.7 Å². The molecule has 3 aromatic rings. The summed E-state index contributed by atoms with van der Waals surface area (Å²) in [5.74, 6) is 0.401. The quantitative estimate of drug-likeness (QED) is 0.333. The lowest BCUT2D eigenvalue weighted by atomic mass is 10.1. The largest absolute Gasteiger partial charge is 0.495 e. The van der Waals surface area contributed by atoms with E-state index in [2.05, 4.69) is 11.4 Å². The first-order valence-corrected chi connectivity index (χ1v) is 13.4. The Morgan fingerprint density at radius 1 is 0.919 bits per heavy atom. The molecule has 3 rings (SSSR count). The second kappa shape index (κ2) is 12.7. The van der Waals surface area contributed by atoms with Gasteiger partial charge in [-0.15, -0.1) is 0 Å². The first-order chi connectivity index (χ1) is 17.7. The van der Waals surface area contributed by atoms with Crippen LogP contribution in [-0.2, 0) is 21.2 Å². The fraction of sp³-hybridized carbons (Fsp3) is 0.296. The van der Waals surface area contributed by atoms with Gasteiger partial charge < -0.3 is 19.5 Å². The molecular weight excluding hydrogens is 516 g/mol. The molecule has 37 heavy (non-hydrogen) atoms. The number of carbonyl (C=O) groups excluding carboxylic acids is 1. The number of rotatable bonds is 12. The highest BCUT2D eigenvalue weighted by molar-refractivity contribution is 7.92. The highest BCUT2D eigenvalue weighted by Crippen LogP contribution is 2.36. The van der Waals surface area contributed by atoms with Crippen LogP contribution in [-0.4, -0.2) is 48.7 Å². The molecule has 0 aromatic heterocycles. The van der Waals surface area contributed by atoms with Gasteiger partial charge in [-0.3, -0.25) is 9.10 Å². The summed E-state index contributed by atoms with van der Waals surface area (Å²) in [7, 11) is 0.0495. The van der Waals surface area contributed by atoms with E-state index in [0.717, 1.165) is 10.7 Å². The second-order valence-electron chi connectivity index (χ2n) is 8.29. The maximum atomic E-state index is 13.8. The van der Waals surface area contributed by atoms with E-state index in [4.69, 9.17) is 25.8 Å². The molecule has 0 bridgehead atoms. The number of halogens is 1. The van der Waals surface area contributed by atoms with Crippen molar-refractivity contribution in [1.82, 2.24) is 5.32 Å². The van der Waals surface area contributed by atoms with E-state index < -0.39 is 22.5 Å². The third-order valence-electron chi connectivity index (χ3n) is 5.69. The number of nitrogens with zero attached hydrogens (tertiary/aromatic N) is 1. The zero-order valence-electron chi connectivity index (χ0n) is 21.3. The lowest BCUT2D eigenvalue weighted by Gasteiger charge is -2.26. The van der Waals surface area contributed by atoms with Crippen molar-refractivity contribution in [2.24, 2.45) is 0 Å². The molecule has 0 atom stereocenters. The van der Waals surface area contributed by atoms with E-state index in [0.29, 0.717) is 23.7 Å². The number of methoxy groups -OCH3 is 3. The van der Waals surface area contributed by atoms with Crippen LogP contribution in [0.1, 0.15) is 17.5 Å². The van der Waals surface area contributed by atoms with Crippen molar-refractivity contribution in [2.45, 2.75) is 24.7 Å². The molecule has 0 heterocycles. The number of sulfonamides is 1. The van der Waals surface area contributed by atoms with Gasteiger partial charge in [-0.25, -0.2) is 8.42 Å². The number of carbonyl (C=O) groups is 1. The molecule has 8 nitrogen and oxygen atoms in total. The average molecular weight is 547 g/mol. The Hall–Kier alpha value is -3.43. The number of anilines is 1. The minimum atomic E-state index is -4.24. The van der Waals surface area contributed by atoms with Crippen molar-refractivity contribution in [3.63, 3.8) is 0 Å². The van der Waals surface area contributed by atoms with Crippen molar-refractivity contribution in [3.8, 4) is 17.2 Å². The standard InChI is InChI=1S/C27H31ClN2O6S/c1-19-7-5-8-20(15-19)9-6-14-29-27(31)18-30(23-16-21(28)10-12-24(23)34-2)37(32,33)22-11-13-25(35-3)26(17-22)36-4/h5,7-8,10-13,15-17H,6,9,14,18H2,1-4H3,(H,29,31). The van der Waals surface area contributed by atoms with Crippen molar-refractivity contribution >= 4 is 33.2 Å². The molecule has 3 aromatic carbocycles. The van der Waals surface area contributed by atoms with E-state index in [1.165, 1.54) is 56.7 Å². The summed E-state index contributed by atoms with van der Waals surface area (Å²) in [6.07, 6.45) is 1.50. The lowest BCUT2D eigenvalue weighted by Crippen LogP contribution is -2.41. The van der Waals surface area contributed by atoms with Crippen molar-refractivity contribution < 1.29 is 27.4 Å². The van der Waals surface area contributed by atoms with E-state index in [9.17, 15) is 13.2 Å². The zero-order chi connectivity index (χ0) is 27.0. The molecule has 198 valence electrons. The number of nitrogens with one attached hydrogen (secondary N) is 1. The lowest BCUT2D eigenvalue weighted by molar-refractivity contribution is -0.119. The third-order valence-corrected chi connectivity index (χ3v) is 7.68. The molecule has 0 aliphatic carbocycles. The van der Waals surface area contributed by atoms with Gasteiger partial charge >= 0.3 is 0 Å². The highest BCUT2D eigenvalue weighted by atomic mass is 35.5. The Labute approximate surface area is 223 Å². The smallest absolute Gasteiger partial charge is 0.265 e. The van der Waals surface area contributed by atoms with E-state index >= 15 is 0 Å². The van der Waals surface area contributed by atoms with Gasteiger partial charge in [-0.1, -0.05) is 41.4 Å². The fourth-order valence-electron chi connectivity index (χ4n) is 3.84. The minimum absolute atomic E-state index is 0.0839. The molecule has 1 N–H and O–H groups in total. The zero-order valence-corrected chi connectivity index (χ0v) is 22.9. The van der Waals surface area contributed by atoms with Gasteiger partial charge in [-0.2, -0.15) is 0 Å². The monoisotopic (exact) mass is 546 g/mol. The summed E-state index contributed by atoms with van der Waals surface area (Å²) < 4.78 is 44.5. The molecule has 0 saturated heterocycles. The Kier molecular flexibility index (Phi) is 9.66. The topological polar surface area (TPSA) is 94.2 Å². The number of benzene rings is 3. The Bertz CT molecular complexity index is 1350. The van der Waals surface area contributed by atoms with E-state index in [1.54, 1.807) is 12.1 Å². The van der Waals surface area contributed by atoms with Gasteiger partial charge in [0.1, 0.15) is 12.3 Å². The molecule has 10 heteroatoms. The molecule has 0 radical (unpaired) electrons. The SMILES string of the molecule is COc1ccc(S(=O)(=O)N(CC(=O)NCCCc2cccc(C)c2)c2cc(Cl)ccc2OC)cc1OC. The summed E-state index contributed by atoms with van der Waals surface area (Å²) in [6, 6.07) is 17.0. The van der Waals surface area contributed by atoms with E-state index in [1.807, 2.05) is 25.1 Å². The predicted molar refractivity (Wildman–Crippen MR) is 145 cm³/mol. The van der Waals surface area contributed by atoms with Crippen LogP contribution in [0.25, 0.3) is 0 Å². The first-order valence-electron chi connectivity index (χ1n) is 11.6. The molecular formula is C27H31ClN2O6S. The fourth-order valence-corrected chi connectivity index (χ4v) is 5.44. The molecule has 0 aliphatic rings. The summed E-state index contributed by atoms with van der Waals surface area (Å²) in [4.78, 5) is 12.9. The number of hydrogen-bond acceptors (Lipinski definition) is 6. The van der Waals surface area contributed by atoms with Gasteiger partial charge in [0, 0.05) is 17.6 Å². The molecule has 1 amide bonds. The van der Waals surface area contributed by atoms with Gasteiger partial charge in [-0.05, 0) is 55.7 Å². The first kappa shape index (κ1) is 28.1. The Balaban J connectivity index is 1.86. The van der Waals surface area contributed by atoms with Gasteiger partial charge in [0.05, 0.1) is 31.9 Å². The van der Waals surface area contributed by atoms with Crippen molar-refractivity contribution in [3.05, 3.63) is 76.8 Å². The van der Waals surface area contributed by atoms with Gasteiger partial charge in [0.15, 0.2) is 11.5 Å². The molecule has 0 unspecified atom stereocenters. The van der Waals surface area contributed by atoms with Gasteiger partial charge in [0.25, 0.3) is 10.0 Å². The molecule has 0 saturated carbocycles. The number of hydrogen-bond donors (Lipinski definition) is 1. The number of ether oxygens (including phenoxy) is 3. The highest BCUT2D eigenvalue weighted by Gasteiger charge is 2.30. The number of amides is 1. The van der Waals surface area contributed by atoms with Crippen LogP contribution in [0.4, 0.5) is 5.69 Å². The van der Waals surface area contributed by atoms with E-state index in [-0.39, 0.29) is 22.1 Å². The Morgan fingerprint density at radius 2 is 1.62 bits per heavy atom. The van der Waals surface area contributed by atoms with Crippen LogP contribution in [0.15, 0.2) is 65.6 Å². The van der Waals surface area contributed by atoms with Crippen LogP contribution in [0, 0.1) is 6.92 Å². The maximum absolute atomic E-state index is 13.8.